The van der Waals surface area contributed by atoms with Crippen molar-refractivity contribution in [3.63, 3.8) is 0 Å². The molecule has 0 aliphatic heterocycles. The Morgan fingerprint density at radius 2 is 2.19 bits per heavy atom. The smallest absolute Gasteiger partial charge is 0.337 e. The van der Waals surface area contributed by atoms with Crippen LogP contribution in [0.1, 0.15) is 26.5 Å². The first kappa shape index (κ1) is 17.4. The molecule has 0 amide bonds. The average Bonchev–Trinajstić information content (AvgIpc) is 3.40. The van der Waals surface area contributed by atoms with Gasteiger partial charge in [-0.15, -0.1) is 11.3 Å². The van der Waals surface area contributed by atoms with Gasteiger partial charge in [0.25, 0.3) is 0 Å². The fourth-order valence-corrected chi connectivity index (χ4v) is 3.75. The molecule has 0 atom stereocenters. The van der Waals surface area contributed by atoms with Crippen molar-refractivity contribution in [2.24, 2.45) is 0 Å². The third-order valence-corrected chi connectivity index (χ3v) is 5.24. The number of benzene rings is 1. The van der Waals surface area contributed by atoms with Gasteiger partial charge >= 0.3 is 5.97 Å². The lowest BCUT2D eigenvalue weighted by atomic mass is 10.1. The number of fused-ring (bicyclic) bond motifs is 1. The molecule has 0 aliphatic carbocycles. The molecular formula is C18H12ClN3O4S. The lowest BCUT2D eigenvalue weighted by Crippen LogP contribution is -2.03. The molecule has 7 nitrogen and oxygen atoms in total. The Kier molecular flexibility index (Phi) is 4.51. The van der Waals surface area contributed by atoms with Crippen LogP contribution in [-0.4, -0.2) is 34.3 Å². The van der Waals surface area contributed by atoms with Gasteiger partial charge in [0.2, 0.25) is 0 Å². The molecule has 136 valence electrons. The van der Waals surface area contributed by atoms with Crippen molar-refractivity contribution < 1.29 is 18.8 Å². The van der Waals surface area contributed by atoms with E-state index >= 15 is 0 Å². The van der Waals surface area contributed by atoms with E-state index in [0.717, 1.165) is 4.88 Å². The number of rotatable bonds is 5. The summed E-state index contributed by atoms with van der Waals surface area (Å²) >= 11 is 7.35. The second-order valence-electron chi connectivity index (χ2n) is 5.67. The molecule has 0 unspecified atom stereocenters. The first-order chi connectivity index (χ1) is 13.1. The molecule has 0 aliphatic rings. The van der Waals surface area contributed by atoms with E-state index in [1.807, 2.05) is 6.07 Å². The predicted octanol–water partition coefficient (Wildman–Crippen LogP) is 4.05. The van der Waals surface area contributed by atoms with Crippen molar-refractivity contribution in [2.75, 3.05) is 7.11 Å². The highest BCUT2D eigenvalue weighted by Crippen LogP contribution is 2.31. The van der Waals surface area contributed by atoms with Crippen LogP contribution in [0.4, 0.5) is 0 Å². The van der Waals surface area contributed by atoms with Gasteiger partial charge in [-0.2, -0.15) is 5.10 Å². The van der Waals surface area contributed by atoms with E-state index < -0.39 is 5.97 Å². The highest BCUT2D eigenvalue weighted by Gasteiger charge is 2.16. The van der Waals surface area contributed by atoms with Crippen LogP contribution in [0.15, 0.2) is 40.9 Å². The van der Waals surface area contributed by atoms with E-state index in [1.165, 1.54) is 18.4 Å². The summed E-state index contributed by atoms with van der Waals surface area (Å²) in [6.45, 7) is 0.310. The fourth-order valence-electron chi connectivity index (χ4n) is 2.76. The van der Waals surface area contributed by atoms with Crippen molar-refractivity contribution >= 4 is 46.1 Å². The van der Waals surface area contributed by atoms with Crippen molar-refractivity contribution in [3.8, 4) is 10.6 Å². The number of carbonyl (C=O) groups is 2. The second-order valence-corrected chi connectivity index (χ2v) is 7.39. The normalized spacial score (nSPS) is 11.0. The Bertz CT molecular complexity index is 1160. The molecule has 27 heavy (non-hydrogen) atoms. The van der Waals surface area contributed by atoms with Crippen LogP contribution in [-0.2, 0) is 11.3 Å². The van der Waals surface area contributed by atoms with Gasteiger partial charge in [-0.05, 0) is 30.3 Å². The summed E-state index contributed by atoms with van der Waals surface area (Å²) < 4.78 is 12.4. The summed E-state index contributed by atoms with van der Waals surface area (Å²) in [5.41, 5.74) is 1.94. The van der Waals surface area contributed by atoms with Crippen molar-refractivity contribution in [3.05, 3.63) is 57.7 Å². The van der Waals surface area contributed by atoms with Gasteiger partial charge in [0.1, 0.15) is 11.4 Å². The number of hydrogen-bond acceptors (Lipinski definition) is 7. The van der Waals surface area contributed by atoms with Crippen LogP contribution in [0.25, 0.3) is 21.5 Å². The number of aldehydes is 1. The van der Waals surface area contributed by atoms with Gasteiger partial charge in [-0.3, -0.25) is 9.48 Å². The van der Waals surface area contributed by atoms with Crippen LogP contribution in [0.3, 0.4) is 0 Å². The quantitative estimate of drug-likeness (QED) is 0.370. The molecule has 0 N–H and O–H groups in total. The van der Waals surface area contributed by atoms with Crippen LogP contribution in [0.5, 0.6) is 0 Å². The molecule has 0 saturated heterocycles. The van der Waals surface area contributed by atoms with Crippen LogP contribution in [0.2, 0.25) is 4.34 Å². The topological polar surface area (TPSA) is 87.2 Å². The number of ether oxygens (including phenoxy) is 1. The molecule has 3 heterocycles. The summed E-state index contributed by atoms with van der Waals surface area (Å²) in [5, 5.41) is 8.95. The maximum atomic E-state index is 11.7. The molecular weight excluding hydrogens is 390 g/mol. The number of methoxy groups -OCH3 is 1. The standard InChI is InChI=1S/C18H12ClN3O4S/c1-25-18(24)10-2-3-14-12(6-10)13(9-23)20-22(14)8-11-7-15(26-21-11)16-4-5-17(19)27-16/h2-7,9H,8H2,1H3. The summed E-state index contributed by atoms with van der Waals surface area (Å²) in [6, 6.07) is 10.4. The molecule has 0 fully saturated rings. The summed E-state index contributed by atoms with van der Waals surface area (Å²) in [6.07, 6.45) is 0.655. The largest absolute Gasteiger partial charge is 0.465 e. The number of hydrogen-bond donors (Lipinski definition) is 0. The van der Waals surface area contributed by atoms with Crippen molar-refractivity contribution in [1.29, 1.82) is 0 Å². The number of halogens is 1. The molecule has 0 saturated carbocycles. The molecule has 0 radical (unpaired) electrons. The molecule has 1 aromatic carbocycles. The summed E-state index contributed by atoms with van der Waals surface area (Å²) in [5.74, 6) is 0.138. The minimum absolute atomic E-state index is 0.240. The lowest BCUT2D eigenvalue weighted by Gasteiger charge is -2.02. The van der Waals surface area contributed by atoms with Gasteiger partial charge in [0.15, 0.2) is 12.0 Å². The Morgan fingerprint density at radius 1 is 1.33 bits per heavy atom. The first-order valence-corrected chi connectivity index (χ1v) is 9.04. The third kappa shape index (κ3) is 3.24. The first-order valence-electron chi connectivity index (χ1n) is 7.84. The highest BCUT2D eigenvalue weighted by atomic mass is 35.5. The molecule has 3 aromatic heterocycles. The number of esters is 1. The number of nitrogens with zero attached hydrogens (tertiary/aromatic N) is 3. The number of aromatic nitrogens is 3. The maximum Gasteiger partial charge on any atom is 0.337 e. The van der Waals surface area contributed by atoms with Gasteiger partial charge in [-0.25, -0.2) is 4.79 Å². The van der Waals surface area contributed by atoms with E-state index in [1.54, 1.807) is 35.0 Å². The fraction of sp³-hybridized carbons (Fsp3) is 0.111. The SMILES string of the molecule is COC(=O)c1ccc2c(c1)c(C=O)nn2Cc1cc(-c2ccc(Cl)s2)on1. The lowest BCUT2D eigenvalue weighted by molar-refractivity contribution is 0.0600. The monoisotopic (exact) mass is 401 g/mol. The zero-order valence-corrected chi connectivity index (χ0v) is 15.6. The Balaban J connectivity index is 1.69. The number of carbonyl (C=O) groups excluding carboxylic acids is 2. The number of thiophene rings is 1. The minimum atomic E-state index is -0.475. The van der Waals surface area contributed by atoms with E-state index in [4.69, 9.17) is 20.9 Å². The van der Waals surface area contributed by atoms with Crippen LogP contribution in [0, 0.1) is 0 Å². The van der Waals surface area contributed by atoms with E-state index in [2.05, 4.69) is 10.3 Å². The highest BCUT2D eigenvalue weighted by molar-refractivity contribution is 7.19. The van der Waals surface area contributed by atoms with Gasteiger partial charge in [0, 0.05) is 11.5 Å². The average molecular weight is 402 g/mol. The van der Waals surface area contributed by atoms with Gasteiger partial charge in [-0.1, -0.05) is 16.8 Å². The van der Waals surface area contributed by atoms with E-state index in [0.29, 0.717) is 45.1 Å². The minimum Gasteiger partial charge on any atom is -0.465 e. The zero-order chi connectivity index (χ0) is 19.0. The van der Waals surface area contributed by atoms with Gasteiger partial charge in [0.05, 0.1) is 33.9 Å². The van der Waals surface area contributed by atoms with Crippen molar-refractivity contribution in [1.82, 2.24) is 14.9 Å². The van der Waals surface area contributed by atoms with Crippen LogP contribution >= 0.6 is 22.9 Å². The Labute approximate surface area is 162 Å². The third-order valence-electron chi connectivity index (χ3n) is 4.00. The van der Waals surface area contributed by atoms with Crippen molar-refractivity contribution in [2.45, 2.75) is 6.54 Å². The molecule has 0 bridgehead atoms. The summed E-state index contributed by atoms with van der Waals surface area (Å²) in [4.78, 5) is 24.0. The van der Waals surface area contributed by atoms with E-state index in [-0.39, 0.29) is 5.69 Å². The molecule has 4 rings (SSSR count). The predicted molar refractivity (Wildman–Crippen MR) is 100 cm³/mol. The zero-order valence-electron chi connectivity index (χ0n) is 14.0. The van der Waals surface area contributed by atoms with Gasteiger partial charge < -0.3 is 9.26 Å². The Hall–Kier alpha value is -2.97. The summed E-state index contributed by atoms with van der Waals surface area (Å²) in [7, 11) is 1.31. The Morgan fingerprint density at radius 3 is 2.89 bits per heavy atom. The van der Waals surface area contributed by atoms with Crippen LogP contribution < -0.4 is 0 Å². The molecule has 9 heteroatoms. The second kappa shape index (κ2) is 6.98. The molecule has 4 aromatic rings. The molecule has 0 spiro atoms. The van der Waals surface area contributed by atoms with E-state index in [9.17, 15) is 9.59 Å². The maximum absolute atomic E-state index is 11.7.